The highest BCUT2D eigenvalue weighted by molar-refractivity contribution is 5.78. The third kappa shape index (κ3) is 4.13. The lowest BCUT2D eigenvalue weighted by atomic mass is 9.32. The normalized spacial score (nSPS) is 52.9. The summed E-state index contributed by atoms with van der Waals surface area (Å²) in [4.78, 5) is 14.2. The van der Waals surface area contributed by atoms with Crippen LogP contribution in [0.5, 0.6) is 0 Å². The Morgan fingerprint density at radius 2 is 1.64 bits per heavy atom. The van der Waals surface area contributed by atoms with Crippen LogP contribution in [-0.4, -0.2) is 54.0 Å². The molecule has 0 amide bonds. The van der Waals surface area contributed by atoms with E-state index >= 15 is 0 Å². The van der Waals surface area contributed by atoms with Gasteiger partial charge in [0.15, 0.2) is 5.79 Å². The molecule has 6 heteroatoms. The van der Waals surface area contributed by atoms with Gasteiger partial charge in [-0.15, -0.1) is 0 Å². The molecule has 0 bridgehead atoms. The highest BCUT2D eigenvalue weighted by Gasteiger charge is 2.72. The largest absolute Gasteiger partial charge is 0.462 e. The Hall–Kier alpha value is -0.950. The van der Waals surface area contributed by atoms with E-state index in [1.54, 1.807) is 0 Å². The maximum absolute atomic E-state index is 14.2. The van der Waals surface area contributed by atoms with Crippen molar-refractivity contribution in [3.05, 3.63) is 12.2 Å². The molecule has 0 spiro atoms. The number of carbonyl (C=O) groups excluding carboxylic acids is 1. The van der Waals surface area contributed by atoms with Crippen LogP contribution in [0.15, 0.2) is 12.2 Å². The van der Waals surface area contributed by atoms with Gasteiger partial charge in [0, 0.05) is 5.41 Å². The lowest BCUT2D eigenvalue weighted by molar-refractivity contribution is -0.254. The van der Waals surface area contributed by atoms with E-state index in [4.69, 9.17) is 14.2 Å². The first kappa shape index (κ1) is 31.0. The summed E-state index contributed by atoms with van der Waals surface area (Å²) in [5.74, 6) is 1.30. The van der Waals surface area contributed by atoms with Gasteiger partial charge >= 0.3 is 5.97 Å². The van der Waals surface area contributed by atoms with Crippen molar-refractivity contribution in [1.29, 1.82) is 0 Å². The van der Waals surface area contributed by atoms with Gasteiger partial charge in [0.25, 0.3) is 0 Å². The second-order valence-corrected chi connectivity index (χ2v) is 17.1. The van der Waals surface area contributed by atoms with Gasteiger partial charge < -0.3 is 24.4 Å². The molecule has 1 heterocycles. The summed E-state index contributed by atoms with van der Waals surface area (Å²) in [5.41, 5.74) is 0.712. The molecule has 2 N–H and O–H groups in total. The molecule has 1 saturated heterocycles. The van der Waals surface area contributed by atoms with Crippen LogP contribution in [-0.2, 0) is 19.0 Å². The van der Waals surface area contributed by atoms with Gasteiger partial charge in [-0.25, -0.2) is 0 Å². The Morgan fingerprint density at radius 3 is 2.29 bits per heavy atom. The minimum atomic E-state index is -0.627. The molecule has 238 valence electrons. The molecule has 0 aromatic carbocycles. The second-order valence-electron chi connectivity index (χ2n) is 17.1. The molecule has 1 aliphatic heterocycles. The highest BCUT2D eigenvalue weighted by Crippen LogP contribution is 2.77. The summed E-state index contributed by atoms with van der Waals surface area (Å²) in [6, 6.07) is 0. The van der Waals surface area contributed by atoms with Gasteiger partial charge in [0.2, 0.25) is 0 Å². The summed E-state index contributed by atoms with van der Waals surface area (Å²) >= 11 is 0. The number of hydrogen-bond acceptors (Lipinski definition) is 6. The summed E-state index contributed by atoms with van der Waals surface area (Å²) < 4.78 is 17.8. The zero-order chi connectivity index (χ0) is 30.5. The lowest BCUT2D eigenvalue weighted by Crippen LogP contribution is -2.67. The number of aliphatic hydroxyl groups excluding tert-OH is 2. The fourth-order valence-electron chi connectivity index (χ4n) is 12.7. The highest BCUT2D eigenvalue weighted by atomic mass is 16.7. The molecule has 0 aromatic heterocycles. The van der Waals surface area contributed by atoms with Crippen molar-refractivity contribution in [1.82, 2.24) is 0 Å². The van der Waals surface area contributed by atoms with Gasteiger partial charge in [0.05, 0.1) is 24.7 Å². The zero-order valence-electron chi connectivity index (χ0n) is 27.5. The van der Waals surface area contributed by atoms with Gasteiger partial charge in [-0.3, -0.25) is 4.79 Å². The van der Waals surface area contributed by atoms with Crippen LogP contribution in [0.2, 0.25) is 0 Å². The standard InChI is InChI=1S/C36H58O6/c1-22(2)24-11-16-36(30(39)40-19-23-20-41-31(3,4)42-23)18-17-34(7)25(29(24)36)9-10-27-32(5)14-13-28(38)33(6,21-37)26(32)12-15-35(27,34)8/h23-29,37-38H,1,9-21H2,2-8H3/t23?,24-,25?,26+,27+,28?,29+,32-,33-,34+,35+,36-/m0/s1. The van der Waals surface area contributed by atoms with Crippen molar-refractivity contribution >= 4 is 5.97 Å². The van der Waals surface area contributed by atoms with E-state index in [0.717, 1.165) is 64.2 Å². The summed E-state index contributed by atoms with van der Waals surface area (Å²) in [5, 5.41) is 21.6. The lowest BCUT2D eigenvalue weighted by Gasteiger charge is -2.72. The first-order chi connectivity index (χ1) is 19.6. The SMILES string of the molecule is C=C(C)[C@@H]1CC[C@]2(C(=O)OCC3COC(C)(C)O3)CC[C@]3(C)C(CC[C@@H]4[C@@]5(C)CCC(O)[C@@](C)(CO)[C@@H]5CC[C@]43C)[C@@H]12. The predicted molar refractivity (Wildman–Crippen MR) is 162 cm³/mol. The topological polar surface area (TPSA) is 85.2 Å². The van der Waals surface area contributed by atoms with Gasteiger partial charge in [0.1, 0.15) is 12.7 Å². The van der Waals surface area contributed by atoms with Gasteiger partial charge in [-0.05, 0) is 131 Å². The average molecular weight is 587 g/mol. The van der Waals surface area contributed by atoms with Crippen LogP contribution in [0.25, 0.3) is 0 Å². The zero-order valence-corrected chi connectivity index (χ0v) is 27.5. The molecule has 6 rings (SSSR count). The summed E-state index contributed by atoms with van der Waals surface area (Å²) in [7, 11) is 0. The molecule has 6 nitrogen and oxygen atoms in total. The van der Waals surface area contributed by atoms with E-state index < -0.39 is 22.7 Å². The average Bonchev–Trinajstić information content (AvgIpc) is 3.50. The molecule has 42 heavy (non-hydrogen) atoms. The molecular weight excluding hydrogens is 528 g/mol. The number of fused-ring (bicyclic) bond motifs is 7. The van der Waals surface area contributed by atoms with Crippen molar-refractivity contribution in [3.8, 4) is 0 Å². The van der Waals surface area contributed by atoms with Crippen LogP contribution < -0.4 is 0 Å². The smallest absolute Gasteiger partial charge is 0.312 e. The quantitative estimate of drug-likeness (QED) is 0.276. The maximum Gasteiger partial charge on any atom is 0.312 e. The van der Waals surface area contributed by atoms with E-state index in [9.17, 15) is 15.0 Å². The molecule has 3 unspecified atom stereocenters. The molecule has 6 aliphatic rings. The Morgan fingerprint density at radius 1 is 0.905 bits per heavy atom. The minimum absolute atomic E-state index is 0.0190. The Bertz CT molecular complexity index is 1100. The van der Waals surface area contributed by atoms with Crippen molar-refractivity contribution < 1.29 is 29.2 Å². The maximum atomic E-state index is 14.2. The molecule has 12 atom stereocenters. The second kappa shape index (κ2) is 10.0. The molecule has 6 fully saturated rings. The number of allylic oxidation sites excluding steroid dienone is 1. The van der Waals surface area contributed by atoms with E-state index in [0.29, 0.717) is 30.3 Å². The fraction of sp³-hybridized carbons (Fsp3) is 0.917. The number of rotatable bonds is 5. The van der Waals surface area contributed by atoms with E-state index in [1.165, 1.54) is 5.57 Å². The first-order valence-corrected chi connectivity index (χ1v) is 17.0. The van der Waals surface area contributed by atoms with Crippen molar-refractivity contribution in [3.63, 3.8) is 0 Å². The third-order valence-electron chi connectivity index (χ3n) is 15.1. The predicted octanol–water partition coefficient (Wildman–Crippen LogP) is 6.67. The molecule has 0 radical (unpaired) electrons. The molecule has 5 saturated carbocycles. The van der Waals surface area contributed by atoms with Crippen molar-refractivity contribution in [2.45, 2.75) is 131 Å². The molecule has 0 aromatic rings. The number of esters is 1. The van der Waals surface area contributed by atoms with Gasteiger partial charge in [-0.2, -0.15) is 0 Å². The van der Waals surface area contributed by atoms with E-state index in [-0.39, 0.29) is 47.4 Å². The van der Waals surface area contributed by atoms with Crippen LogP contribution in [0.4, 0.5) is 0 Å². The minimum Gasteiger partial charge on any atom is -0.462 e. The monoisotopic (exact) mass is 586 g/mol. The van der Waals surface area contributed by atoms with Crippen LogP contribution in [0.3, 0.4) is 0 Å². The Balaban J connectivity index is 1.30. The van der Waals surface area contributed by atoms with Crippen molar-refractivity contribution in [2.24, 2.45) is 56.7 Å². The first-order valence-electron chi connectivity index (χ1n) is 17.0. The summed E-state index contributed by atoms with van der Waals surface area (Å²) in [6.07, 6.45) is 9.49. The number of carbonyl (C=O) groups is 1. The van der Waals surface area contributed by atoms with Crippen LogP contribution in [0.1, 0.15) is 113 Å². The number of hydrogen-bond donors (Lipinski definition) is 2. The van der Waals surface area contributed by atoms with Gasteiger partial charge in [-0.1, -0.05) is 39.8 Å². The van der Waals surface area contributed by atoms with Crippen LogP contribution >= 0.6 is 0 Å². The Labute approximate surface area is 254 Å². The van der Waals surface area contributed by atoms with E-state index in [2.05, 4.69) is 41.2 Å². The molecular formula is C36H58O6. The van der Waals surface area contributed by atoms with E-state index in [1.807, 2.05) is 13.8 Å². The van der Waals surface area contributed by atoms with Crippen LogP contribution in [0, 0.1) is 56.7 Å². The Kier molecular flexibility index (Phi) is 7.41. The van der Waals surface area contributed by atoms with Crippen molar-refractivity contribution in [2.75, 3.05) is 19.8 Å². The fourth-order valence-corrected chi connectivity index (χ4v) is 12.7. The summed E-state index contributed by atoms with van der Waals surface area (Å²) in [6.45, 7) is 21.0. The third-order valence-corrected chi connectivity index (χ3v) is 15.1. The molecule has 5 aliphatic carbocycles. The number of ether oxygens (including phenoxy) is 3. The number of aliphatic hydroxyl groups is 2.